The predicted octanol–water partition coefficient (Wildman–Crippen LogP) is 7.04. The second-order valence-electron chi connectivity index (χ2n) is 9.89. The highest BCUT2D eigenvalue weighted by Crippen LogP contribution is 2.37. The minimum atomic E-state index is -0.631. The molecule has 0 spiro atoms. The molecule has 0 radical (unpaired) electrons. The fraction of sp³-hybridized carbons (Fsp3) is 0.222. The Morgan fingerprint density at radius 2 is 1.77 bits per heavy atom. The van der Waals surface area contributed by atoms with Crippen LogP contribution in [0.3, 0.4) is 0 Å². The van der Waals surface area contributed by atoms with E-state index in [1.165, 1.54) is 24.3 Å². The van der Waals surface area contributed by atoms with E-state index in [2.05, 4.69) is 20.9 Å². The van der Waals surface area contributed by atoms with Gasteiger partial charge in [0.2, 0.25) is 11.9 Å². The summed E-state index contributed by atoms with van der Waals surface area (Å²) >= 11 is 18.9. The minimum absolute atomic E-state index is 0.0414. The van der Waals surface area contributed by atoms with Crippen LogP contribution in [0.2, 0.25) is 15.1 Å². The van der Waals surface area contributed by atoms with Crippen LogP contribution in [0.4, 0.5) is 21.7 Å². The normalized spacial score (nSPS) is 11.5. The van der Waals surface area contributed by atoms with E-state index in [9.17, 15) is 19.1 Å². The van der Waals surface area contributed by atoms with Crippen molar-refractivity contribution in [2.45, 2.75) is 27.3 Å². The molecule has 204 valence electrons. The third-order valence-electron chi connectivity index (χ3n) is 5.95. The molecule has 0 aliphatic rings. The van der Waals surface area contributed by atoms with Gasteiger partial charge in [-0.2, -0.15) is 0 Å². The van der Waals surface area contributed by atoms with E-state index in [0.717, 1.165) is 6.07 Å². The summed E-state index contributed by atoms with van der Waals surface area (Å²) < 4.78 is 15.1. The quantitative estimate of drug-likeness (QED) is 0.192. The first-order valence-corrected chi connectivity index (χ1v) is 12.9. The van der Waals surface area contributed by atoms with Crippen LogP contribution >= 0.6 is 34.8 Å². The number of hydrogen-bond donors (Lipinski definition) is 4. The number of phenols is 1. The number of imidazole rings is 1. The molecule has 4 aromatic rings. The number of amides is 2. The average molecular weight is 593 g/mol. The maximum absolute atomic E-state index is 13.4. The molecule has 1 heterocycles. The Balaban J connectivity index is 1.61. The van der Waals surface area contributed by atoms with Crippen molar-refractivity contribution in [3.8, 4) is 5.75 Å². The number of aromatic nitrogens is 2. The van der Waals surface area contributed by atoms with Crippen LogP contribution in [0.1, 0.15) is 36.7 Å². The zero-order valence-corrected chi connectivity index (χ0v) is 23.7. The zero-order valence-electron chi connectivity index (χ0n) is 21.4. The van der Waals surface area contributed by atoms with E-state index in [0.29, 0.717) is 38.3 Å². The minimum Gasteiger partial charge on any atom is -0.507 e. The molecule has 3 aromatic carbocycles. The highest BCUT2D eigenvalue weighted by Gasteiger charge is 2.22. The second kappa shape index (κ2) is 10.9. The fourth-order valence-electron chi connectivity index (χ4n) is 3.69. The first kappa shape index (κ1) is 28.5. The van der Waals surface area contributed by atoms with E-state index >= 15 is 0 Å². The predicted molar refractivity (Wildman–Crippen MR) is 153 cm³/mol. The summed E-state index contributed by atoms with van der Waals surface area (Å²) in [7, 11) is 1.71. The lowest BCUT2D eigenvalue weighted by molar-refractivity contribution is -0.128. The number of nitrogens with one attached hydrogen (secondary N) is 3. The Kier molecular flexibility index (Phi) is 7.97. The van der Waals surface area contributed by atoms with Crippen LogP contribution in [0.25, 0.3) is 11.0 Å². The van der Waals surface area contributed by atoms with Crippen LogP contribution in [0.5, 0.6) is 5.75 Å². The third-order valence-corrected chi connectivity index (χ3v) is 6.99. The first-order valence-electron chi connectivity index (χ1n) is 11.7. The second-order valence-corrected chi connectivity index (χ2v) is 11.1. The van der Waals surface area contributed by atoms with Gasteiger partial charge in [0, 0.05) is 30.8 Å². The Morgan fingerprint density at radius 3 is 2.44 bits per heavy atom. The van der Waals surface area contributed by atoms with Crippen molar-refractivity contribution in [1.82, 2.24) is 14.9 Å². The maximum Gasteiger partial charge on any atom is 0.259 e. The van der Waals surface area contributed by atoms with E-state index in [-0.39, 0.29) is 34.5 Å². The number of aromatic hydroxyl groups is 1. The standard InChI is InChI=1S/C27H25Cl3FN5O3/c1-27(2,3)25(39)32-12-13-5-7-16(28)23(22(13)30)35-26-34-19-10-15(21(37)11-20(19)36(26)4)24(38)33-14-6-8-18(31)17(29)9-14/h5-11,37H,12H2,1-4H3,(H,32,39)(H,33,38)(H,34,35). The molecule has 1 aromatic heterocycles. The van der Waals surface area contributed by atoms with Crippen molar-refractivity contribution in [2.75, 3.05) is 10.6 Å². The molecule has 0 fully saturated rings. The molecule has 39 heavy (non-hydrogen) atoms. The van der Waals surface area contributed by atoms with Gasteiger partial charge in [-0.25, -0.2) is 9.37 Å². The molecule has 0 unspecified atom stereocenters. The Bertz CT molecular complexity index is 1610. The Labute approximate surface area is 239 Å². The highest BCUT2D eigenvalue weighted by atomic mass is 35.5. The van der Waals surface area contributed by atoms with Crippen molar-refractivity contribution < 1.29 is 19.1 Å². The molecule has 0 atom stereocenters. The first-order chi connectivity index (χ1) is 18.3. The number of phenolic OH excluding ortho intramolecular Hbond substituents is 1. The van der Waals surface area contributed by atoms with Crippen molar-refractivity contribution in [3.05, 3.63) is 74.5 Å². The van der Waals surface area contributed by atoms with Gasteiger partial charge in [-0.05, 0) is 35.9 Å². The summed E-state index contributed by atoms with van der Waals surface area (Å²) in [6.45, 7) is 5.65. The van der Waals surface area contributed by atoms with Gasteiger partial charge in [-0.3, -0.25) is 9.59 Å². The number of fused-ring (bicyclic) bond motifs is 1. The largest absolute Gasteiger partial charge is 0.507 e. The third kappa shape index (κ3) is 6.06. The molecule has 2 amide bonds. The van der Waals surface area contributed by atoms with E-state index < -0.39 is 17.1 Å². The number of nitrogens with zero attached hydrogens (tertiary/aromatic N) is 2. The summed E-state index contributed by atoms with van der Waals surface area (Å²) in [6.07, 6.45) is 0. The molecule has 8 nitrogen and oxygen atoms in total. The van der Waals surface area contributed by atoms with Gasteiger partial charge in [-0.15, -0.1) is 0 Å². The highest BCUT2D eigenvalue weighted by molar-refractivity contribution is 6.39. The maximum atomic E-state index is 13.4. The molecule has 0 aliphatic heterocycles. The number of carbonyl (C=O) groups is 2. The van der Waals surface area contributed by atoms with Gasteiger partial charge in [0.05, 0.1) is 37.4 Å². The summed E-state index contributed by atoms with van der Waals surface area (Å²) in [4.78, 5) is 29.7. The number of halogens is 4. The number of rotatable bonds is 6. The summed E-state index contributed by atoms with van der Waals surface area (Å²) in [5.41, 5.74) is 1.63. The summed E-state index contributed by atoms with van der Waals surface area (Å²) in [5, 5.41) is 19.6. The van der Waals surface area contributed by atoms with Gasteiger partial charge >= 0.3 is 0 Å². The summed E-state index contributed by atoms with van der Waals surface area (Å²) in [6, 6.07) is 9.97. The number of anilines is 3. The van der Waals surface area contributed by atoms with E-state index in [1.54, 1.807) is 23.7 Å². The zero-order chi connectivity index (χ0) is 28.6. The number of aryl methyl sites for hydroxylation is 1. The molecule has 0 aliphatic carbocycles. The Morgan fingerprint density at radius 1 is 1.05 bits per heavy atom. The van der Waals surface area contributed by atoms with E-state index in [4.69, 9.17) is 34.8 Å². The number of carbonyl (C=O) groups excluding carboxylic acids is 2. The average Bonchev–Trinajstić information content (AvgIpc) is 3.16. The number of benzene rings is 3. The topological polar surface area (TPSA) is 108 Å². The van der Waals surface area contributed by atoms with Crippen LogP contribution in [-0.4, -0.2) is 26.5 Å². The lowest BCUT2D eigenvalue weighted by Gasteiger charge is -2.19. The SMILES string of the molecule is Cn1c(Nc2c(Cl)ccc(CNC(=O)C(C)(C)C)c2Cl)nc2cc(C(=O)Nc3ccc(F)c(Cl)c3)c(O)cc21. The lowest BCUT2D eigenvalue weighted by Crippen LogP contribution is -2.34. The lowest BCUT2D eigenvalue weighted by atomic mass is 9.95. The summed E-state index contributed by atoms with van der Waals surface area (Å²) in [5.74, 6) is -1.32. The van der Waals surface area contributed by atoms with Gasteiger partial charge in [0.1, 0.15) is 11.6 Å². The van der Waals surface area contributed by atoms with Crippen LogP contribution in [0, 0.1) is 11.2 Å². The molecule has 0 saturated heterocycles. The van der Waals surface area contributed by atoms with Crippen LogP contribution in [-0.2, 0) is 18.4 Å². The fourth-order valence-corrected chi connectivity index (χ4v) is 4.40. The van der Waals surface area contributed by atoms with Crippen molar-refractivity contribution in [1.29, 1.82) is 0 Å². The molecular weight excluding hydrogens is 568 g/mol. The Hall–Kier alpha value is -3.53. The molecule has 4 rings (SSSR count). The molecule has 0 bridgehead atoms. The smallest absolute Gasteiger partial charge is 0.259 e. The van der Waals surface area contributed by atoms with Gasteiger partial charge in [0.25, 0.3) is 5.91 Å². The number of hydrogen-bond acceptors (Lipinski definition) is 5. The molecule has 4 N–H and O–H groups in total. The monoisotopic (exact) mass is 591 g/mol. The van der Waals surface area contributed by atoms with Crippen molar-refractivity contribution in [3.63, 3.8) is 0 Å². The van der Waals surface area contributed by atoms with E-state index in [1.807, 2.05) is 20.8 Å². The molecule has 12 heteroatoms. The van der Waals surface area contributed by atoms with Crippen LogP contribution < -0.4 is 16.0 Å². The van der Waals surface area contributed by atoms with Crippen molar-refractivity contribution >= 4 is 75.0 Å². The van der Waals surface area contributed by atoms with Gasteiger partial charge < -0.3 is 25.6 Å². The van der Waals surface area contributed by atoms with Crippen molar-refractivity contribution in [2.24, 2.45) is 12.5 Å². The molecule has 0 saturated carbocycles. The van der Waals surface area contributed by atoms with Crippen LogP contribution in [0.15, 0.2) is 42.5 Å². The molecular formula is C27H25Cl3FN5O3. The van der Waals surface area contributed by atoms with Gasteiger partial charge in [0.15, 0.2) is 0 Å². The van der Waals surface area contributed by atoms with Gasteiger partial charge in [-0.1, -0.05) is 61.6 Å².